The van der Waals surface area contributed by atoms with E-state index in [2.05, 4.69) is 9.97 Å². The van der Waals surface area contributed by atoms with Gasteiger partial charge in [0.15, 0.2) is 6.61 Å². The largest absolute Gasteiger partial charge is 0.484 e. The van der Waals surface area contributed by atoms with Crippen molar-refractivity contribution >= 4 is 29.9 Å². The van der Waals surface area contributed by atoms with Crippen LogP contribution in [0.15, 0.2) is 60.7 Å². The van der Waals surface area contributed by atoms with Gasteiger partial charge in [-0.05, 0) is 60.4 Å². The van der Waals surface area contributed by atoms with E-state index in [1.54, 1.807) is 6.07 Å². The molecule has 1 aliphatic carbocycles. The van der Waals surface area contributed by atoms with Crippen LogP contribution in [0.5, 0.6) is 11.6 Å². The van der Waals surface area contributed by atoms with Gasteiger partial charge >= 0.3 is 18.3 Å². The van der Waals surface area contributed by atoms with Gasteiger partial charge in [0.05, 0.1) is 5.69 Å². The van der Waals surface area contributed by atoms with Gasteiger partial charge in [0, 0.05) is 11.6 Å². The summed E-state index contributed by atoms with van der Waals surface area (Å²) < 4.78 is 89.9. The number of nitrogens with two attached hydrogens (primary N) is 2. The summed E-state index contributed by atoms with van der Waals surface area (Å²) in [6.07, 6.45) is -8.03. The average molecular weight is 647 g/mol. The first-order valence-corrected chi connectivity index (χ1v) is 13.1. The van der Waals surface area contributed by atoms with E-state index in [0.717, 1.165) is 0 Å². The zero-order chi connectivity index (χ0) is 31.4. The highest BCUT2D eigenvalue weighted by Gasteiger charge is 2.43. The van der Waals surface area contributed by atoms with Crippen LogP contribution in [0.2, 0.25) is 0 Å². The number of carboxylic acid groups (broad SMARTS) is 1. The minimum absolute atomic E-state index is 0. The van der Waals surface area contributed by atoms with Gasteiger partial charge in [0.1, 0.15) is 11.8 Å². The Morgan fingerprint density at radius 3 is 2.32 bits per heavy atom. The van der Waals surface area contributed by atoms with Crippen LogP contribution in [0, 0.1) is 5.92 Å². The summed E-state index contributed by atoms with van der Waals surface area (Å²) in [4.78, 5) is 19.0. The second-order valence-corrected chi connectivity index (χ2v) is 10.1. The Balaban J connectivity index is 0.00000529. The first-order valence-electron chi connectivity index (χ1n) is 13.1. The van der Waals surface area contributed by atoms with E-state index in [4.69, 9.17) is 26.0 Å². The average Bonchev–Trinajstić information content (AvgIpc) is 2.94. The second-order valence-electron chi connectivity index (χ2n) is 10.1. The Kier molecular flexibility index (Phi) is 11.1. The van der Waals surface area contributed by atoms with Gasteiger partial charge in [-0.3, -0.25) is 4.79 Å². The van der Waals surface area contributed by atoms with Crippen molar-refractivity contribution in [3.8, 4) is 22.8 Å². The number of nitrogen functional groups attached to an aromatic ring is 1. The molecule has 1 heterocycles. The maximum atomic E-state index is 14.1. The van der Waals surface area contributed by atoms with Crippen LogP contribution in [0.1, 0.15) is 43.0 Å². The van der Waals surface area contributed by atoms with Gasteiger partial charge in [-0.15, -0.1) is 12.4 Å². The predicted molar refractivity (Wildman–Crippen MR) is 152 cm³/mol. The number of benzene rings is 2. The highest BCUT2D eigenvalue weighted by molar-refractivity contribution is 5.85. The quantitative estimate of drug-likeness (QED) is 0.206. The van der Waals surface area contributed by atoms with Crippen LogP contribution in [-0.4, -0.2) is 46.0 Å². The third-order valence-electron chi connectivity index (χ3n) is 6.79. The van der Waals surface area contributed by atoms with Crippen molar-refractivity contribution < 1.29 is 45.7 Å². The number of alkyl halides is 6. The molecule has 0 aliphatic heterocycles. The van der Waals surface area contributed by atoms with Crippen LogP contribution in [0.4, 0.5) is 32.3 Å². The minimum Gasteiger partial charge on any atom is -0.484 e. The van der Waals surface area contributed by atoms with Crippen LogP contribution in [0.3, 0.4) is 0 Å². The van der Waals surface area contributed by atoms with Gasteiger partial charge < -0.3 is 26.0 Å². The fraction of sp³-hybridized carbons (Fsp3) is 0.345. The molecule has 5 N–H and O–H groups in total. The molecule has 4 rings (SSSR count). The van der Waals surface area contributed by atoms with Gasteiger partial charge in [0.2, 0.25) is 17.9 Å². The van der Waals surface area contributed by atoms with Gasteiger partial charge in [-0.25, -0.2) is 4.98 Å². The Labute approximate surface area is 254 Å². The van der Waals surface area contributed by atoms with Crippen molar-refractivity contribution in [3.63, 3.8) is 0 Å². The summed E-state index contributed by atoms with van der Waals surface area (Å²) in [6, 6.07) is 11.2. The van der Waals surface area contributed by atoms with Crippen LogP contribution >= 0.6 is 12.4 Å². The number of halogens is 7. The molecule has 238 valence electrons. The fourth-order valence-corrected chi connectivity index (χ4v) is 4.69. The molecule has 0 amide bonds. The van der Waals surface area contributed by atoms with E-state index in [1.165, 1.54) is 48.5 Å². The second kappa shape index (κ2) is 14.2. The lowest BCUT2D eigenvalue weighted by Gasteiger charge is -2.24. The Morgan fingerprint density at radius 2 is 1.73 bits per heavy atom. The van der Waals surface area contributed by atoms with Crippen molar-refractivity contribution in [1.82, 2.24) is 9.97 Å². The van der Waals surface area contributed by atoms with Gasteiger partial charge in [-0.1, -0.05) is 42.5 Å². The van der Waals surface area contributed by atoms with Crippen LogP contribution in [0.25, 0.3) is 16.7 Å². The van der Waals surface area contributed by atoms with Crippen LogP contribution in [-0.2, 0) is 4.79 Å². The molecule has 0 spiro atoms. The summed E-state index contributed by atoms with van der Waals surface area (Å²) in [6.45, 7) is -1.48. The Hall–Kier alpha value is -4.04. The normalized spacial score (nSPS) is 16.7. The number of carbonyl (C=O) groups is 1. The number of ether oxygens (including phenoxy) is 2. The molecule has 0 saturated carbocycles. The summed E-state index contributed by atoms with van der Waals surface area (Å²) >= 11 is 0. The molecule has 0 radical (unpaired) electrons. The molecule has 44 heavy (non-hydrogen) atoms. The molecule has 0 bridgehead atoms. The number of hydrogen-bond donors (Lipinski definition) is 3. The lowest BCUT2D eigenvalue weighted by atomic mass is 9.84. The zero-order valence-electron chi connectivity index (χ0n) is 22.9. The number of rotatable bonds is 10. The summed E-state index contributed by atoms with van der Waals surface area (Å²) in [5, 5.41) is 9.03. The van der Waals surface area contributed by atoms with E-state index in [1.807, 2.05) is 6.08 Å². The lowest BCUT2D eigenvalue weighted by molar-refractivity contribution is -0.198. The first-order chi connectivity index (χ1) is 20.2. The van der Waals surface area contributed by atoms with E-state index >= 15 is 0 Å². The topological polar surface area (TPSA) is 134 Å². The molecule has 15 heteroatoms. The third-order valence-corrected chi connectivity index (χ3v) is 6.79. The summed E-state index contributed by atoms with van der Waals surface area (Å²) in [5.41, 5.74) is 13.1. The molecule has 1 unspecified atom stereocenters. The van der Waals surface area contributed by atoms with Crippen molar-refractivity contribution in [1.29, 1.82) is 0 Å². The SMILES string of the molecule is Cl.Nc1nc(O[C@H](c2ccc(-c3cccc(OCC(F)(F)F)c3)cc2)C(F)(F)F)cc(C2=CCC(C[C@H](N)C(=O)O)CC2)n1. The number of aromatic nitrogens is 2. The van der Waals surface area contributed by atoms with Crippen molar-refractivity contribution in [3.05, 3.63) is 71.9 Å². The highest BCUT2D eigenvalue weighted by atomic mass is 35.5. The number of nitrogens with zero attached hydrogens (tertiary/aromatic N) is 2. The Bertz CT molecular complexity index is 1470. The van der Waals surface area contributed by atoms with E-state index in [9.17, 15) is 31.1 Å². The monoisotopic (exact) mass is 646 g/mol. The molecule has 1 aromatic heterocycles. The summed E-state index contributed by atoms with van der Waals surface area (Å²) in [5.74, 6) is -1.76. The lowest BCUT2D eigenvalue weighted by Crippen LogP contribution is -2.32. The fourth-order valence-electron chi connectivity index (χ4n) is 4.69. The number of hydrogen-bond acceptors (Lipinski definition) is 7. The maximum absolute atomic E-state index is 14.1. The molecule has 0 fully saturated rings. The van der Waals surface area contributed by atoms with Gasteiger partial charge in [0.25, 0.3) is 0 Å². The molecule has 3 aromatic rings. The molecule has 2 aromatic carbocycles. The predicted octanol–water partition coefficient (Wildman–Crippen LogP) is 6.76. The van der Waals surface area contributed by atoms with Gasteiger partial charge in [-0.2, -0.15) is 31.3 Å². The maximum Gasteiger partial charge on any atom is 0.429 e. The number of allylic oxidation sites excluding steroid dienone is 2. The molecule has 8 nitrogen and oxygen atoms in total. The number of carboxylic acids is 1. The third kappa shape index (κ3) is 9.48. The minimum atomic E-state index is -4.84. The summed E-state index contributed by atoms with van der Waals surface area (Å²) in [7, 11) is 0. The standard InChI is InChI=1S/C29H28F6N4O4.ClH/c30-28(31,32)15-42-21-3-1-2-20(13-21)17-8-10-19(11-9-17)25(29(33,34)35)43-24-14-23(38-27(37)39-24)18-6-4-16(5-7-18)12-22(36)26(40)41;/h1-3,6,8-11,13-14,16,22,25H,4-5,7,12,15,36H2,(H,40,41)(H2,37,38,39);1H/t16?,22-,25+;/m0./s1. The van der Waals surface area contributed by atoms with Crippen molar-refractivity contribution in [2.24, 2.45) is 11.7 Å². The van der Waals surface area contributed by atoms with Crippen molar-refractivity contribution in [2.45, 2.75) is 50.2 Å². The Morgan fingerprint density at radius 1 is 1.02 bits per heavy atom. The smallest absolute Gasteiger partial charge is 0.429 e. The molecule has 0 saturated heterocycles. The molecular weight excluding hydrogens is 618 g/mol. The number of aliphatic carboxylic acids is 1. The molecule has 1 aliphatic rings. The first kappa shape index (κ1) is 34.5. The van der Waals surface area contributed by atoms with Crippen LogP contribution < -0.4 is 20.9 Å². The molecule has 3 atom stereocenters. The molecular formula is C29H29ClF6N4O4. The zero-order valence-corrected chi connectivity index (χ0v) is 23.8. The van der Waals surface area contributed by atoms with E-state index in [0.29, 0.717) is 48.1 Å². The van der Waals surface area contributed by atoms with E-state index < -0.39 is 37.1 Å². The van der Waals surface area contributed by atoms with Crippen molar-refractivity contribution in [2.75, 3.05) is 12.3 Å². The van der Waals surface area contributed by atoms with E-state index in [-0.39, 0.29) is 41.5 Å². The number of anilines is 1. The highest BCUT2D eigenvalue weighted by Crippen LogP contribution is 2.39.